The first-order valence-electron chi connectivity index (χ1n) is 6.34. The maximum Gasteiger partial charge on any atom is 0.214 e. The zero-order valence-electron chi connectivity index (χ0n) is 11.7. The molecule has 0 aromatic heterocycles. The zero-order chi connectivity index (χ0) is 13.3. The molecule has 0 aromatic carbocycles. The highest BCUT2D eigenvalue weighted by molar-refractivity contribution is 7.89. The average Bonchev–Trinajstić information content (AvgIpc) is 2.12. The van der Waals surface area contributed by atoms with Gasteiger partial charge in [0, 0.05) is 25.2 Å². The molecule has 1 rings (SSSR count). The minimum Gasteiger partial charge on any atom is -0.309 e. The van der Waals surface area contributed by atoms with Gasteiger partial charge < -0.3 is 5.32 Å². The van der Waals surface area contributed by atoms with E-state index in [9.17, 15) is 8.42 Å². The fourth-order valence-electron chi connectivity index (χ4n) is 2.07. The van der Waals surface area contributed by atoms with Gasteiger partial charge in [0.1, 0.15) is 0 Å². The van der Waals surface area contributed by atoms with E-state index in [1.807, 2.05) is 13.8 Å². The first-order valence-corrected chi connectivity index (χ1v) is 7.95. The van der Waals surface area contributed by atoms with Crippen LogP contribution in [0.15, 0.2) is 0 Å². The molecular formula is C12H26N2O2S. The predicted octanol–water partition coefficient (Wildman–Crippen LogP) is 1.43. The first kappa shape index (κ1) is 14.9. The van der Waals surface area contributed by atoms with Crippen LogP contribution in [0.4, 0.5) is 0 Å². The number of nitrogens with zero attached hydrogens (tertiary/aromatic N) is 1. The third kappa shape index (κ3) is 4.94. The lowest BCUT2D eigenvalue weighted by Gasteiger charge is -2.35. The van der Waals surface area contributed by atoms with Crippen molar-refractivity contribution in [1.29, 1.82) is 0 Å². The molecule has 0 bridgehead atoms. The maximum atomic E-state index is 12.2. The van der Waals surface area contributed by atoms with Crippen LogP contribution in [0.2, 0.25) is 0 Å². The summed E-state index contributed by atoms with van der Waals surface area (Å²) < 4.78 is 26.1. The van der Waals surface area contributed by atoms with Gasteiger partial charge in [0.2, 0.25) is 10.0 Å². The molecule has 1 heterocycles. The third-order valence-corrected chi connectivity index (χ3v) is 4.83. The summed E-state index contributed by atoms with van der Waals surface area (Å²) in [7, 11) is -3.09. The van der Waals surface area contributed by atoms with Crippen molar-refractivity contribution in [2.24, 2.45) is 5.41 Å². The van der Waals surface area contributed by atoms with Crippen LogP contribution < -0.4 is 5.32 Å². The Hall–Kier alpha value is -0.130. The molecule has 102 valence electrons. The highest BCUT2D eigenvalue weighted by atomic mass is 32.2. The molecule has 5 heteroatoms. The van der Waals surface area contributed by atoms with Gasteiger partial charge >= 0.3 is 0 Å². The van der Waals surface area contributed by atoms with Gasteiger partial charge in [-0.25, -0.2) is 8.42 Å². The van der Waals surface area contributed by atoms with Crippen LogP contribution in [0, 0.1) is 5.41 Å². The highest BCUT2D eigenvalue weighted by Crippen LogP contribution is 2.21. The van der Waals surface area contributed by atoms with Gasteiger partial charge in [-0.2, -0.15) is 4.31 Å². The molecule has 2 atom stereocenters. The molecule has 1 saturated heterocycles. The van der Waals surface area contributed by atoms with E-state index in [2.05, 4.69) is 26.1 Å². The minimum atomic E-state index is -3.09. The van der Waals surface area contributed by atoms with Gasteiger partial charge in [-0.3, -0.25) is 0 Å². The fourth-order valence-corrected chi connectivity index (χ4v) is 4.10. The van der Waals surface area contributed by atoms with Gasteiger partial charge in [-0.15, -0.1) is 0 Å². The highest BCUT2D eigenvalue weighted by Gasteiger charge is 2.30. The van der Waals surface area contributed by atoms with Crippen LogP contribution in [0.25, 0.3) is 0 Å². The lowest BCUT2D eigenvalue weighted by atomic mass is 9.94. The van der Waals surface area contributed by atoms with Crippen molar-refractivity contribution in [3.63, 3.8) is 0 Å². The monoisotopic (exact) mass is 262 g/mol. The van der Waals surface area contributed by atoms with E-state index in [-0.39, 0.29) is 23.3 Å². The molecule has 2 unspecified atom stereocenters. The molecule has 1 N–H and O–H groups in total. The number of hydrogen-bond acceptors (Lipinski definition) is 3. The number of hydrogen-bond donors (Lipinski definition) is 1. The summed E-state index contributed by atoms with van der Waals surface area (Å²) in [5.41, 5.74) is 0.0678. The molecule has 0 spiro atoms. The second kappa shape index (κ2) is 5.24. The van der Waals surface area contributed by atoms with Crippen LogP contribution in [0.3, 0.4) is 0 Å². The zero-order valence-corrected chi connectivity index (χ0v) is 12.5. The van der Waals surface area contributed by atoms with Crippen molar-refractivity contribution in [2.75, 3.05) is 18.8 Å². The molecule has 1 fully saturated rings. The van der Waals surface area contributed by atoms with E-state index in [0.29, 0.717) is 19.5 Å². The van der Waals surface area contributed by atoms with E-state index in [4.69, 9.17) is 0 Å². The van der Waals surface area contributed by atoms with Crippen LogP contribution in [-0.4, -0.2) is 43.6 Å². The number of piperazine rings is 1. The van der Waals surface area contributed by atoms with E-state index < -0.39 is 10.0 Å². The SMILES string of the molecule is CC1CN(S(=O)(=O)CCC(C)(C)C)CC(C)N1. The number of rotatable bonds is 3. The smallest absolute Gasteiger partial charge is 0.214 e. The van der Waals surface area contributed by atoms with Crippen LogP contribution in [0.5, 0.6) is 0 Å². The molecule has 0 radical (unpaired) electrons. The second-order valence-corrected chi connectivity index (χ2v) is 8.50. The van der Waals surface area contributed by atoms with E-state index >= 15 is 0 Å². The molecule has 0 aromatic rings. The summed E-state index contributed by atoms with van der Waals surface area (Å²) in [6.07, 6.45) is 0.710. The molecule has 1 aliphatic rings. The molecule has 0 saturated carbocycles. The molecule has 0 aliphatic carbocycles. The molecule has 0 amide bonds. The standard InChI is InChI=1S/C12H26N2O2S/c1-10-8-14(9-11(2)13-10)17(15,16)7-6-12(3,4)5/h10-11,13H,6-9H2,1-5H3. The normalized spacial score (nSPS) is 28.3. The average molecular weight is 262 g/mol. The van der Waals surface area contributed by atoms with Crippen LogP contribution in [0.1, 0.15) is 41.0 Å². The largest absolute Gasteiger partial charge is 0.309 e. The second-order valence-electron chi connectivity index (χ2n) is 6.41. The molecule has 17 heavy (non-hydrogen) atoms. The maximum absolute atomic E-state index is 12.2. The van der Waals surface area contributed by atoms with Crippen molar-refractivity contribution in [2.45, 2.75) is 53.1 Å². The molecule has 1 aliphatic heterocycles. The third-order valence-electron chi connectivity index (χ3n) is 3.03. The van der Waals surface area contributed by atoms with E-state index in [1.54, 1.807) is 4.31 Å². The summed E-state index contributed by atoms with van der Waals surface area (Å²) in [6.45, 7) is 11.5. The lowest BCUT2D eigenvalue weighted by Crippen LogP contribution is -2.56. The number of sulfonamides is 1. The van der Waals surface area contributed by atoms with Crippen molar-refractivity contribution in [1.82, 2.24) is 9.62 Å². The summed E-state index contributed by atoms with van der Waals surface area (Å²) in [5.74, 6) is 0.260. The Kier molecular flexibility index (Phi) is 4.60. The van der Waals surface area contributed by atoms with Gasteiger partial charge in [0.15, 0.2) is 0 Å². The fraction of sp³-hybridized carbons (Fsp3) is 1.00. The first-order chi connectivity index (χ1) is 7.60. The lowest BCUT2D eigenvalue weighted by molar-refractivity contribution is 0.261. The molecule has 4 nitrogen and oxygen atoms in total. The Morgan fingerprint density at radius 1 is 1.18 bits per heavy atom. The quantitative estimate of drug-likeness (QED) is 0.837. The van der Waals surface area contributed by atoms with Crippen molar-refractivity contribution < 1.29 is 8.42 Å². The number of nitrogens with one attached hydrogen (secondary N) is 1. The van der Waals surface area contributed by atoms with E-state index in [1.165, 1.54) is 0 Å². The Balaban J connectivity index is 2.63. The predicted molar refractivity (Wildman–Crippen MR) is 71.5 cm³/mol. The Labute approximate surface area is 106 Å². The van der Waals surface area contributed by atoms with E-state index in [0.717, 1.165) is 0 Å². The topological polar surface area (TPSA) is 49.4 Å². The van der Waals surface area contributed by atoms with Crippen molar-refractivity contribution in [3.05, 3.63) is 0 Å². The summed E-state index contributed by atoms with van der Waals surface area (Å²) in [5, 5.41) is 3.35. The van der Waals surface area contributed by atoms with Crippen molar-refractivity contribution >= 4 is 10.0 Å². The Bertz CT molecular complexity index is 336. The van der Waals surface area contributed by atoms with Crippen molar-refractivity contribution in [3.8, 4) is 0 Å². The Morgan fingerprint density at radius 3 is 2.06 bits per heavy atom. The molecular weight excluding hydrogens is 236 g/mol. The van der Waals surface area contributed by atoms with Gasteiger partial charge in [0.05, 0.1) is 5.75 Å². The van der Waals surface area contributed by atoms with Gasteiger partial charge in [-0.1, -0.05) is 20.8 Å². The summed E-state index contributed by atoms with van der Waals surface area (Å²) in [6, 6.07) is 0.478. The van der Waals surface area contributed by atoms with Crippen LogP contribution in [-0.2, 0) is 10.0 Å². The van der Waals surface area contributed by atoms with Gasteiger partial charge in [-0.05, 0) is 25.7 Å². The summed E-state index contributed by atoms with van der Waals surface area (Å²) >= 11 is 0. The Morgan fingerprint density at radius 2 is 1.65 bits per heavy atom. The minimum absolute atomic E-state index is 0.0678. The van der Waals surface area contributed by atoms with Gasteiger partial charge in [0.25, 0.3) is 0 Å². The summed E-state index contributed by atoms with van der Waals surface area (Å²) in [4.78, 5) is 0. The van der Waals surface area contributed by atoms with Crippen LogP contribution >= 0.6 is 0 Å².